The summed E-state index contributed by atoms with van der Waals surface area (Å²) < 4.78 is 10.1. The van der Waals surface area contributed by atoms with Gasteiger partial charge in [0.15, 0.2) is 0 Å². The molecule has 2 aromatic carbocycles. The van der Waals surface area contributed by atoms with Gasteiger partial charge in [-0.05, 0) is 54.3 Å². The molecule has 2 rings (SSSR count). The molecule has 0 unspecified atom stereocenters. The van der Waals surface area contributed by atoms with Crippen molar-refractivity contribution in [1.29, 1.82) is 0 Å². The fraction of sp³-hybridized carbons (Fsp3) is 0.300. The van der Waals surface area contributed by atoms with Gasteiger partial charge in [0.05, 0.1) is 19.8 Å². The van der Waals surface area contributed by atoms with E-state index in [1.54, 1.807) is 31.4 Å². The molecule has 0 heterocycles. The van der Waals surface area contributed by atoms with Gasteiger partial charge in [0.2, 0.25) is 0 Å². The van der Waals surface area contributed by atoms with Crippen LogP contribution in [0.1, 0.15) is 51.6 Å². The number of carbonyl (C=O) groups is 2. The number of ether oxygens (including phenoxy) is 2. The zero-order valence-corrected chi connectivity index (χ0v) is 15.2. The van der Waals surface area contributed by atoms with Crippen molar-refractivity contribution in [3.05, 3.63) is 58.7 Å². The number of rotatable bonds is 5. The summed E-state index contributed by atoms with van der Waals surface area (Å²) >= 11 is 0. The van der Waals surface area contributed by atoms with Gasteiger partial charge in [-0.25, -0.2) is 4.79 Å². The van der Waals surface area contributed by atoms with E-state index >= 15 is 0 Å². The highest BCUT2D eigenvalue weighted by Crippen LogP contribution is 2.30. The number of carbonyl (C=O) groups excluding carboxylic acids is 2. The number of methoxy groups -OCH3 is 2. The van der Waals surface area contributed by atoms with Gasteiger partial charge in [-0.15, -0.1) is 0 Å². The van der Waals surface area contributed by atoms with Gasteiger partial charge >= 0.3 is 5.97 Å². The van der Waals surface area contributed by atoms with Gasteiger partial charge in [0.25, 0.3) is 5.91 Å². The fourth-order valence-corrected chi connectivity index (χ4v) is 2.61. The first-order valence-corrected chi connectivity index (χ1v) is 8.05. The van der Waals surface area contributed by atoms with Crippen molar-refractivity contribution in [2.75, 3.05) is 19.5 Å². The first kappa shape index (κ1) is 18.5. The van der Waals surface area contributed by atoms with Gasteiger partial charge in [0.1, 0.15) is 5.75 Å². The Balaban J connectivity index is 2.32. The number of aryl methyl sites for hydroxylation is 1. The van der Waals surface area contributed by atoms with E-state index in [1.165, 1.54) is 7.11 Å². The lowest BCUT2D eigenvalue weighted by Gasteiger charge is -2.16. The molecular formula is C20H23NO4. The predicted octanol–water partition coefficient (Wildman–Crippen LogP) is 4.17. The van der Waals surface area contributed by atoms with Crippen LogP contribution in [-0.4, -0.2) is 26.1 Å². The second-order valence-corrected chi connectivity index (χ2v) is 6.09. The number of hydrogen-bond acceptors (Lipinski definition) is 4. The number of hydrogen-bond donors (Lipinski definition) is 1. The smallest absolute Gasteiger partial charge is 0.337 e. The summed E-state index contributed by atoms with van der Waals surface area (Å²) in [6.45, 7) is 5.97. The molecule has 1 amide bonds. The Morgan fingerprint density at radius 2 is 1.80 bits per heavy atom. The minimum atomic E-state index is -0.446. The third-order valence-corrected chi connectivity index (χ3v) is 3.98. The van der Waals surface area contributed by atoms with E-state index in [2.05, 4.69) is 19.2 Å². The predicted molar refractivity (Wildman–Crippen MR) is 97.6 cm³/mol. The third-order valence-electron chi connectivity index (χ3n) is 3.98. The van der Waals surface area contributed by atoms with Crippen LogP contribution in [0.5, 0.6) is 5.75 Å². The maximum atomic E-state index is 12.7. The summed E-state index contributed by atoms with van der Waals surface area (Å²) in [5.41, 5.74) is 3.29. The van der Waals surface area contributed by atoms with Crippen LogP contribution in [0, 0.1) is 6.92 Å². The maximum absolute atomic E-state index is 12.7. The quantitative estimate of drug-likeness (QED) is 0.829. The lowest BCUT2D eigenvalue weighted by atomic mass is 9.96. The SMILES string of the molecule is COC(=O)c1cccc(NC(=O)c2cc(C(C)C)c(OC)cc2C)c1. The Bertz CT molecular complexity index is 796. The first-order valence-electron chi connectivity index (χ1n) is 8.05. The van der Waals surface area contributed by atoms with Crippen LogP contribution in [0.2, 0.25) is 0 Å². The minimum absolute atomic E-state index is 0.227. The molecule has 2 aromatic rings. The van der Waals surface area contributed by atoms with Gasteiger partial charge in [-0.1, -0.05) is 19.9 Å². The topological polar surface area (TPSA) is 64.6 Å². The standard InChI is InChI=1S/C20H23NO4/c1-12(2)16-11-17(13(3)9-18(16)24-4)19(22)21-15-8-6-7-14(10-15)20(23)25-5/h6-12H,1-5H3,(H,21,22). The first-order chi connectivity index (χ1) is 11.9. The monoisotopic (exact) mass is 341 g/mol. The fourth-order valence-electron chi connectivity index (χ4n) is 2.61. The Labute approximate surface area is 148 Å². The molecule has 0 aliphatic heterocycles. The van der Waals surface area contributed by atoms with Gasteiger partial charge in [-0.3, -0.25) is 4.79 Å². The number of benzene rings is 2. The summed E-state index contributed by atoms with van der Waals surface area (Å²) in [5.74, 6) is 0.324. The molecule has 0 atom stereocenters. The zero-order chi connectivity index (χ0) is 18.6. The van der Waals surface area contributed by atoms with Crippen molar-refractivity contribution in [3.8, 4) is 5.75 Å². The van der Waals surface area contributed by atoms with Gasteiger partial charge in [-0.2, -0.15) is 0 Å². The molecule has 5 nitrogen and oxygen atoms in total. The van der Waals surface area contributed by atoms with Gasteiger partial charge in [0, 0.05) is 11.3 Å². The number of esters is 1. The van der Waals surface area contributed by atoms with Crippen molar-refractivity contribution in [1.82, 2.24) is 0 Å². The molecular weight excluding hydrogens is 318 g/mol. The Morgan fingerprint density at radius 3 is 2.40 bits per heavy atom. The molecule has 0 radical (unpaired) electrons. The largest absolute Gasteiger partial charge is 0.496 e. The summed E-state index contributed by atoms with van der Waals surface area (Å²) in [6, 6.07) is 10.4. The molecule has 0 aliphatic rings. The van der Waals surface area contributed by atoms with E-state index in [4.69, 9.17) is 9.47 Å². The van der Waals surface area contributed by atoms with Crippen LogP contribution in [0.3, 0.4) is 0 Å². The molecule has 0 fully saturated rings. The lowest BCUT2D eigenvalue weighted by molar-refractivity contribution is 0.0600. The van der Waals surface area contributed by atoms with Gasteiger partial charge < -0.3 is 14.8 Å². The molecule has 0 aromatic heterocycles. The normalized spacial score (nSPS) is 10.5. The summed E-state index contributed by atoms with van der Waals surface area (Å²) in [6.07, 6.45) is 0. The highest BCUT2D eigenvalue weighted by atomic mass is 16.5. The highest BCUT2D eigenvalue weighted by molar-refractivity contribution is 6.06. The molecule has 1 N–H and O–H groups in total. The van der Waals surface area contributed by atoms with Crippen molar-refractivity contribution < 1.29 is 19.1 Å². The number of nitrogens with one attached hydrogen (secondary N) is 1. The van der Waals surface area contributed by atoms with Crippen molar-refractivity contribution in [2.24, 2.45) is 0 Å². The van der Waals surface area contributed by atoms with E-state index in [0.29, 0.717) is 16.8 Å². The van der Waals surface area contributed by atoms with Crippen LogP contribution in [0.15, 0.2) is 36.4 Å². The molecule has 25 heavy (non-hydrogen) atoms. The van der Waals surface area contributed by atoms with E-state index < -0.39 is 5.97 Å². The van der Waals surface area contributed by atoms with Crippen LogP contribution >= 0.6 is 0 Å². The molecule has 5 heteroatoms. The molecule has 0 saturated heterocycles. The third kappa shape index (κ3) is 4.18. The Hall–Kier alpha value is -2.82. The zero-order valence-electron chi connectivity index (χ0n) is 15.2. The van der Waals surface area contributed by atoms with E-state index in [-0.39, 0.29) is 11.8 Å². The summed E-state index contributed by atoms with van der Waals surface area (Å²) in [7, 11) is 2.94. The van der Waals surface area contributed by atoms with E-state index in [1.807, 2.05) is 19.1 Å². The second kappa shape index (κ2) is 7.83. The van der Waals surface area contributed by atoms with Crippen LogP contribution in [-0.2, 0) is 4.74 Å². The average Bonchev–Trinajstić information content (AvgIpc) is 2.60. The van der Waals surface area contributed by atoms with Crippen molar-refractivity contribution in [3.63, 3.8) is 0 Å². The molecule has 0 spiro atoms. The average molecular weight is 341 g/mol. The highest BCUT2D eigenvalue weighted by Gasteiger charge is 2.16. The lowest BCUT2D eigenvalue weighted by Crippen LogP contribution is -2.15. The number of anilines is 1. The summed E-state index contributed by atoms with van der Waals surface area (Å²) in [4.78, 5) is 24.3. The molecule has 0 saturated carbocycles. The minimum Gasteiger partial charge on any atom is -0.496 e. The van der Waals surface area contributed by atoms with Crippen LogP contribution in [0.25, 0.3) is 0 Å². The van der Waals surface area contributed by atoms with Crippen LogP contribution in [0.4, 0.5) is 5.69 Å². The maximum Gasteiger partial charge on any atom is 0.337 e. The van der Waals surface area contributed by atoms with Crippen molar-refractivity contribution in [2.45, 2.75) is 26.7 Å². The Kier molecular flexibility index (Phi) is 5.80. The molecule has 0 aliphatic carbocycles. The molecule has 132 valence electrons. The van der Waals surface area contributed by atoms with Crippen molar-refractivity contribution >= 4 is 17.6 Å². The van der Waals surface area contributed by atoms with E-state index in [9.17, 15) is 9.59 Å². The Morgan fingerprint density at radius 1 is 1.08 bits per heavy atom. The second-order valence-electron chi connectivity index (χ2n) is 6.09. The van der Waals surface area contributed by atoms with Crippen LogP contribution < -0.4 is 10.1 Å². The number of amides is 1. The van der Waals surface area contributed by atoms with E-state index in [0.717, 1.165) is 16.9 Å². The molecule has 0 bridgehead atoms. The summed E-state index contributed by atoms with van der Waals surface area (Å²) in [5, 5.41) is 2.83.